The molecule has 1 aliphatic carbocycles. The molecule has 0 heterocycles. The van der Waals surface area contributed by atoms with Gasteiger partial charge in [-0.05, 0) is 25.2 Å². The van der Waals surface area contributed by atoms with Gasteiger partial charge in [-0.15, -0.1) is 0 Å². The second-order valence-corrected chi connectivity index (χ2v) is 6.41. The summed E-state index contributed by atoms with van der Waals surface area (Å²) in [5, 5.41) is 12.9. The number of aliphatic hydroxyl groups is 1. The van der Waals surface area contributed by atoms with Crippen LogP contribution in [0.2, 0.25) is 0 Å². The topological polar surface area (TPSA) is 49.3 Å². The van der Waals surface area contributed by atoms with Gasteiger partial charge < -0.3 is 10.4 Å². The van der Waals surface area contributed by atoms with E-state index in [1.807, 2.05) is 13.8 Å². The fourth-order valence-corrected chi connectivity index (χ4v) is 2.76. The van der Waals surface area contributed by atoms with Crippen LogP contribution in [0.25, 0.3) is 0 Å². The standard InChI is InChI=1S/C14H27NO2/c1-10(2)9-14(3,4)13(17)15-11-7-5-6-8-12(11)16/h10-12,16H,5-9H2,1-4H3,(H,15,17). The zero-order valence-electron chi connectivity index (χ0n) is 11.6. The average molecular weight is 241 g/mol. The van der Waals surface area contributed by atoms with Crippen molar-refractivity contribution in [3.63, 3.8) is 0 Å². The molecule has 0 spiro atoms. The van der Waals surface area contributed by atoms with Gasteiger partial charge in [0.15, 0.2) is 0 Å². The van der Waals surface area contributed by atoms with Crippen molar-refractivity contribution in [2.75, 3.05) is 0 Å². The fourth-order valence-electron chi connectivity index (χ4n) is 2.76. The largest absolute Gasteiger partial charge is 0.391 e. The van der Waals surface area contributed by atoms with Crippen molar-refractivity contribution in [1.29, 1.82) is 0 Å². The fraction of sp³-hybridized carbons (Fsp3) is 0.929. The number of amides is 1. The van der Waals surface area contributed by atoms with Gasteiger partial charge in [0.25, 0.3) is 0 Å². The van der Waals surface area contributed by atoms with Crippen LogP contribution in [-0.4, -0.2) is 23.2 Å². The maximum atomic E-state index is 12.2. The Hall–Kier alpha value is -0.570. The molecule has 0 aliphatic heterocycles. The number of carbonyl (C=O) groups is 1. The molecule has 17 heavy (non-hydrogen) atoms. The van der Waals surface area contributed by atoms with Crippen LogP contribution in [0.4, 0.5) is 0 Å². The minimum absolute atomic E-state index is 0.0392. The van der Waals surface area contributed by atoms with Gasteiger partial charge in [0.1, 0.15) is 0 Å². The van der Waals surface area contributed by atoms with E-state index >= 15 is 0 Å². The third-order valence-corrected chi connectivity index (χ3v) is 3.58. The van der Waals surface area contributed by atoms with E-state index in [-0.39, 0.29) is 23.5 Å². The first-order valence-corrected chi connectivity index (χ1v) is 6.82. The minimum atomic E-state index is -0.359. The first-order chi connectivity index (χ1) is 7.83. The molecule has 1 amide bonds. The lowest BCUT2D eigenvalue weighted by atomic mass is 9.82. The Bertz CT molecular complexity index is 261. The molecule has 1 saturated carbocycles. The summed E-state index contributed by atoms with van der Waals surface area (Å²) in [6.45, 7) is 8.23. The first-order valence-electron chi connectivity index (χ1n) is 6.82. The smallest absolute Gasteiger partial charge is 0.225 e. The van der Waals surface area contributed by atoms with E-state index in [0.717, 1.165) is 32.1 Å². The van der Waals surface area contributed by atoms with Gasteiger partial charge in [0.2, 0.25) is 5.91 Å². The summed E-state index contributed by atoms with van der Waals surface area (Å²) in [6, 6.07) is -0.0392. The van der Waals surface area contributed by atoms with Gasteiger partial charge in [-0.1, -0.05) is 40.5 Å². The number of nitrogens with one attached hydrogen (secondary N) is 1. The number of hydrogen-bond acceptors (Lipinski definition) is 2. The van der Waals surface area contributed by atoms with Crippen molar-refractivity contribution in [1.82, 2.24) is 5.32 Å². The van der Waals surface area contributed by atoms with Crippen LogP contribution in [0.3, 0.4) is 0 Å². The van der Waals surface area contributed by atoms with Crippen molar-refractivity contribution in [2.24, 2.45) is 11.3 Å². The van der Waals surface area contributed by atoms with Gasteiger partial charge in [-0.3, -0.25) is 4.79 Å². The van der Waals surface area contributed by atoms with E-state index in [4.69, 9.17) is 0 Å². The lowest BCUT2D eigenvalue weighted by Crippen LogP contribution is -2.49. The van der Waals surface area contributed by atoms with Crippen LogP contribution in [-0.2, 0) is 4.79 Å². The molecule has 0 bridgehead atoms. The first kappa shape index (κ1) is 14.5. The molecule has 0 saturated heterocycles. The van der Waals surface area contributed by atoms with Crippen LogP contribution in [0.5, 0.6) is 0 Å². The van der Waals surface area contributed by atoms with Crippen LogP contribution in [0.15, 0.2) is 0 Å². The summed E-state index contributed by atoms with van der Waals surface area (Å²) in [5.41, 5.74) is -0.342. The van der Waals surface area contributed by atoms with E-state index in [0.29, 0.717) is 5.92 Å². The molecule has 100 valence electrons. The molecule has 0 radical (unpaired) electrons. The molecule has 3 heteroatoms. The summed E-state index contributed by atoms with van der Waals surface area (Å²) in [5.74, 6) is 0.587. The van der Waals surface area contributed by atoms with Gasteiger partial charge >= 0.3 is 0 Å². The van der Waals surface area contributed by atoms with E-state index in [1.165, 1.54) is 0 Å². The second-order valence-electron chi connectivity index (χ2n) is 6.41. The highest BCUT2D eigenvalue weighted by Gasteiger charge is 2.32. The van der Waals surface area contributed by atoms with E-state index in [1.54, 1.807) is 0 Å². The molecular weight excluding hydrogens is 214 g/mol. The molecular formula is C14H27NO2. The lowest BCUT2D eigenvalue weighted by Gasteiger charge is -2.33. The zero-order valence-corrected chi connectivity index (χ0v) is 11.6. The van der Waals surface area contributed by atoms with Crippen LogP contribution in [0.1, 0.15) is 59.8 Å². The van der Waals surface area contributed by atoms with Crippen molar-refractivity contribution in [3.8, 4) is 0 Å². The predicted molar refractivity (Wildman–Crippen MR) is 69.6 cm³/mol. The van der Waals surface area contributed by atoms with Gasteiger partial charge in [0, 0.05) is 5.41 Å². The summed E-state index contributed by atoms with van der Waals surface area (Å²) in [7, 11) is 0. The third-order valence-electron chi connectivity index (χ3n) is 3.58. The molecule has 3 nitrogen and oxygen atoms in total. The lowest BCUT2D eigenvalue weighted by molar-refractivity contribution is -0.132. The number of hydrogen-bond donors (Lipinski definition) is 2. The van der Waals surface area contributed by atoms with Crippen molar-refractivity contribution < 1.29 is 9.90 Å². The van der Waals surface area contributed by atoms with Crippen LogP contribution in [0, 0.1) is 11.3 Å². The van der Waals surface area contributed by atoms with Crippen LogP contribution < -0.4 is 5.32 Å². The van der Waals surface area contributed by atoms with Gasteiger partial charge in [-0.25, -0.2) is 0 Å². The van der Waals surface area contributed by atoms with Gasteiger partial charge in [0.05, 0.1) is 12.1 Å². The van der Waals surface area contributed by atoms with Crippen molar-refractivity contribution in [2.45, 2.75) is 71.9 Å². The molecule has 1 fully saturated rings. The molecule has 2 atom stereocenters. The maximum absolute atomic E-state index is 12.2. The Balaban J connectivity index is 2.52. The molecule has 0 aromatic carbocycles. The Labute approximate surface area is 105 Å². The average Bonchev–Trinajstić information content (AvgIpc) is 2.19. The van der Waals surface area contributed by atoms with Crippen LogP contribution >= 0.6 is 0 Å². The third kappa shape index (κ3) is 4.30. The van der Waals surface area contributed by atoms with E-state index < -0.39 is 0 Å². The second kappa shape index (κ2) is 5.85. The Morgan fingerprint density at radius 2 is 1.94 bits per heavy atom. The Morgan fingerprint density at radius 3 is 2.47 bits per heavy atom. The molecule has 1 aliphatic rings. The zero-order chi connectivity index (χ0) is 13.1. The highest BCUT2D eigenvalue weighted by Crippen LogP contribution is 2.27. The summed E-state index contributed by atoms with van der Waals surface area (Å²) >= 11 is 0. The monoisotopic (exact) mass is 241 g/mol. The minimum Gasteiger partial charge on any atom is -0.391 e. The summed E-state index contributed by atoms with van der Waals surface area (Å²) in [6.07, 6.45) is 4.42. The molecule has 0 aromatic heterocycles. The van der Waals surface area contributed by atoms with Gasteiger partial charge in [-0.2, -0.15) is 0 Å². The predicted octanol–water partition coefficient (Wildman–Crippen LogP) is 2.48. The highest BCUT2D eigenvalue weighted by atomic mass is 16.3. The molecule has 2 N–H and O–H groups in total. The summed E-state index contributed by atoms with van der Waals surface area (Å²) in [4.78, 5) is 12.2. The maximum Gasteiger partial charge on any atom is 0.225 e. The molecule has 1 rings (SSSR count). The molecule has 0 aromatic rings. The van der Waals surface area contributed by atoms with Crippen molar-refractivity contribution >= 4 is 5.91 Å². The van der Waals surface area contributed by atoms with Crippen molar-refractivity contribution in [3.05, 3.63) is 0 Å². The number of rotatable bonds is 4. The SMILES string of the molecule is CC(C)CC(C)(C)C(=O)NC1CCCCC1O. The quantitative estimate of drug-likeness (QED) is 0.794. The summed E-state index contributed by atoms with van der Waals surface area (Å²) < 4.78 is 0. The number of carbonyl (C=O) groups excluding carboxylic acids is 1. The number of aliphatic hydroxyl groups excluding tert-OH is 1. The Morgan fingerprint density at radius 1 is 1.35 bits per heavy atom. The molecule has 2 unspecified atom stereocenters. The highest BCUT2D eigenvalue weighted by molar-refractivity contribution is 5.82. The van der Waals surface area contributed by atoms with E-state index in [9.17, 15) is 9.90 Å². The van der Waals surface area contributed by atoms with E-state index in [2.05, 4.69) is 19.2 Å². The normalized spacial score (nSPS) is 26.0. The Kier molecular flexibility index (Phi) is 4.99.